The Labute approximate surface area is 93.8 Å². The van der Waals surface area contributed by atoms with E-state index in [1.54, 1.807) is 6.92 Å². The number of alkyl halides is 3. The van der Waals surface area contributed by atoms with Gasteiger partial charge in [0.15, 0.2) is 0 Å². The Hall–Kier alpha value is -1.24. The van der Waals surface area contributed by atoms with Crippen LogP contribution in [0.4, 0.5) is 18.9 Å². The van der Waals surface area contributed by atoms with Crippen molar-refractivity contribution in [3.05, 3.63) is 33.4 Å². The van der Waals surface area contributed by atoms with Crippen LogP contribution in [0.1, 0.15) is 11.1 Å². The molecule has 0 atom stereocenters. The molecule has 3 nitrogen and oxygen atoms in total. The Balaban J connectivity index is 3.32. The highest BCUT2D eigenvalue weighted by Gasteiger charge is 2.34. The number of aryl methyl sites for hydroxylation is 1. The third-order valence-electron chi connectivity index (χ3n) is 2.07. The summed E-state index contributed by atoms with van der Waals surface area (Å²) in [5.41, 5.74) is -4.15. The lowest BCUT2D eigenvalue weighted by molar-refractivity contribution is -0.387. The zero-order valence-electron chi connectivity index (χ0n) is 8.46. The van der Waals surface area contributed by atoms with Gasteiger partial charge in [-0.3, -0.25) is 10.1 Å². The number of halogens is 3. The molecule has 1 rings (SSSR count). The molecule has 0 bridgehead atoms. The van der Waals surface area contributed by atoms with Crippen LogP contribution in [-0.2, 0) is 0 Å². The van der Waals surface area contributed by atoms with Crippen molar-refractivity contribution >= 4 is 17.4 Å². The third kappa shape index (κ3) is 2.88. The van der Waals surface area contributed by atoms with Gasteiger partial charge in [-0.25, -0.2) is 0 Å². The fourth-order valence-corrected chi connectivity index (χ4v) is 1.96. The molecule has 16 heavy (non-hydrogen) atoms. The first-order valence-electron chi connectivity index (χ1n) is 4.22. The molecule has 7 heteroatoms. The van der Waals surface area contributed by atoms with Gasteiger partial charge in [-0.2, -0.15) is 13.2 Å². The summed E-state index contributed by atoms with van der Waals surface area (Å²) in [5, 5.41) is 10.6. The molecule has 0 saturated heterocycles. The van der Waals surface area contributed by atoms with Crippen LogP contribution in [0.3, 0.4) is 0 Å². The Morgan fingerprint density at radius 2 is 1.88 bits per heavy atom. The van der Waals surface area contributed by atoms with E-state index in [1.807, 2.05) is 0 Å². The first-order chi connectivity index (χ1) is 7.22. The Kier molecular flexibility index (Phi) is 3.47. The zero-order valence-corrected chi connectivity index (χ0v) is 9.28. The van der Waals surface area contributed by atoms with E-state index in [0.29, 0.717) is 5.56 Å². The van der Waals surface area contributed by atoms with E-state index < -0.39 is 27.9 Å². The predicted octanol–water partition coefficient (Wildman–Crippen LogP) is 3.82. The molecular weight excluding hydrogens is 243 g/mol. The summed E-state index contributed by atoms with van der Waals surface area (Å²) in [6.45, 7) is 3.05. The van der Waals surface area contributed by atoms with Crippen LogP contribution in [0, 0.1) is 24.0 Å². The topological polar surface area (TPSA) is 43.1 Å². The van der Waals surface area contributed by atoms with Gasteiger partial charge in [0, 0.05) is 6.07 Å². The van der Waals surface area contributed by atoms with Crippen LogP contribution in [0.5, 0.6) is 0 Å². The minimum atomic E-state index is -4.52. The maximum Gasteiger partial charge on any atom is 0.446 e. The number of benzene rings is 1. The number of nitrogens with zero attached hydrogens (tertiary/aromatic N) is 1. The average molecular weight is 251 g/mol. The molecule has 1 aromatic rings. The lowest BCUT2D eigenvalue weighted by Gasteiger charge is -2.10. The van der Waals surface area contributed by atoms with Crippen molar-refractivity contribution in [1.82, 2.24) is 0 Å². The van der Waals surface area contributed by atoms with Crippen molar-refractivity contribution < 1.29 is 18.1 Å². The fraction of sp³-hybridized carbons (Fsp3) is 0.333. The van der Waals surface area contributed by atoms with Gasteiger partial charge in [-0.05, 0) is 36.7 Å². The second-order valence-corrected chi connectivity index (χ2v) is 4.24. The number of nitro benzene ring substituents is 1. The fourth-order valence-electron chi connectivity index (χ4n) is 1.16. The molecule has 0 aromatic heterocycles. The van der Waals surface area contributed by atoms with Gasteiger partial charge in [-0.15, -0.1) is 0 Å². The van der Waals surface area contributed by atoms with Crippen molar-refractivity contribution in [2.75, 3.05) is 0 Å². The van der Waals surface area contributed by atoms with Crippen LogP contribution in [0.2, 0.25) is 0 Å². The van der Waals surface area contributed by atoms with E-state index in [0.717, 1.165) is 6.07 Å². The average Bonchev–Trinajstić information content (AvgIpc) is 2.10. The highest BCUT2D eigenvalue weighted by molar-refractivity contribution is 8.00. The second kappa shape index (κ2) is 4.32. The maximum atomic E-state index is 12.2. The van der Waals surface area contributed by atoms with Crippen LogP contribution in [0.15, 0.2) is 17.0 Å². The van der Waals surface area contributed by atoms with Gasteiger partial charge in [0.2, 0.25) is 0 Å². The first-order valence-corrected chi connectivity index (χ1v) is 5.04. The number of thioether (sulfide) groups is 1. The van der Waals surface area contributed by atoms with Crippen LogP contribution in [-0.4, -0.2) is 10.4 Å². The standard InChI is InChI=1S/C9H8F3NO2S/c1-5-3-4-7(13(14)15)8(6(5)2)16-9(10,11)12/h3-4H,1-2H3. The Morgan fingerprint density at radius 1 is 1.31 bits per heavy atom. The molecule has 0 amide bonds. The van der Waals surface area contributed by atoms with Crippen molar-refractivity contribution in [3.8, 4) is 0 Å². The molecule has 0 aliphatic carbocycles. The molecule has 0 N–H and O–H groups in total. The lowest BCUT2D eigenvalue weighted by Crippen LogP contribution is -2.03. The Bertz CT molecular complexity index is 431. The predicted molar refractivity (Wildman–Crippen MR) is 54.5 cm³/mol. The van der Waals surface area contributed by atoms with E-state index in [9.17, 15) is 23.3 Å². The SMILES string of the molecule is Cc1ccc([N+](=O)[O-])c(SC(F)(F)F)c1C. The number of rotatable bonds is 2. The molecule has 1 aromatic carbocycles. The zero-order chi connectivity index (χ0) is 12.5. The lowest BCUT2D eigenvalue weighted by atomic mass is 10.1. The first kappa shape index (κ1) is 12.8. The maximum absolute atomic E-state index is 12.2. The van der Waals surface area contributed by atoms with Gasteiger partial charge < -0.3 is 0 Å². The Morgan fingerprint density at radius 3 is 2.31 bits per heavy atom. The molecule has 0 heterocycles. The van der Waals surface area contributed by atoms with Crippen LogP contribution in [0.25, 0.3) is 0 Å². The third-order valence-corrected chi connectivity index (χ3v) is 3.02. The summed E-state index contributed by atoms with van der Waals surface area (Å²) < 4.78 is 36.7. The second-order valence-electron chi connectivity index (χ2n) is 3.16. The normalized spacial score (nSPS) is 11.6. The summed E-state index contributed by atoms with van der Waals surface area (Å²) in [6, 6.07) is 2.53. The number of hydrogen-bond acceptors (Lipinski definition) is 3. The van der Waals surface area contributed by atoms with Crippen molar-refractivity contribution in [1.29, 1.82) is 0 Å². The van der Waals surface area contributed by atoms with Crippen molar-refractivity contribution in [3.63, 3.8) is 0 Å². The quantitative estimate of drug-likeness (QED) is 0.456. The molecule has 0 saturated carbocycles. The van der Waals surface area contributed by atoms with Gasteiger partial charge >= 0.3 is 5.51 Å². The largest absolute Gasteiger partial charge is 0.446 e. The van der Waals surface area contributed by atoms with Gasteiger partial charge in [0.1, 0.15) is 0 Å². The molecule has 88 valence electrons. The number of nitro groups is 1. The molecular formula is C9H8F3NO2S. The highest BCUT2D eigenvalue weighted by Crippen LogP contribution is 2.43. The summed E-state index contributed by atoms with van der Waals surface area (Å²) in [6.07, 6.45) is 0. The molecule has 0 aliphatic heterocycles. The monoisotopic (exact) mass is 251 g/mol. The summed E-state index contributed by atoms with van der Waals surface area (Å²) in [5.74, 6) is 0. The van der Waals surface area contributed by atoms with Gasteiger partial charge in [0.25, 0.3) is 5.69 Å². The molecule has 0 radical (unpaired) electrons. The van der Waals surface area contributed by atoms with E-state index in [4.69, 9.17) is 0 Å². The van der Waals surface area contributed by atoms with Crippen LogP contribution >= 0.6 is 11.8 Å². The smallest absolute Gasteiger partial charge is 0.258 e. The van der Waals surface area contributed by atoms with E-state index in [1.165, 1.54) is 13.0 Å². The number of hydrogen-bond donors (Lipinski definition) is 0. The van der Waals surface area contributed by atoms with Gasteiger partial charge in [-0.1, -0.05) is 6.07 Å². The molecule has 0 fully saturated rings. The molecule has 0 spiro atoms. The molecule has 0 aliphatic rings. The summed E-state index contributed by atoms with van der Waals surface area (Å²) >= 11 is -0.445. The van der Waals surface area contributed by atoms with E-state index >= 15 is 0 Å². The summed E-state index contributed by atoms with van der Waals surface area (Å²) in [7, 11) is 0. The van der Waals surface area contributed by atoms with Crippen molar-refractivity contribution in [2.24, 2.45) is 0 Å². The van der Waals surface area contributed by atoms with E-state index in [2.05, 4.69) is 0 Å². The van der Waals surface area contributed by atoms with Crippen LogP contribution < -0.4 is 0 Å². The minimum absolute atomic E-state index is 0.288. The minimum Gasteiger partial charge on any atom is -0.258 e. The molecule has 0 unspecified atom stereocenters. The van der Waals surface area contributed by atoms with Crippen molar-refractivity contribution in [2.45, 2.75) is 24.3 Å². The van der Waals surface area contributed by atoms with Gasteiger partial charge in [0.05, 0.1) is 9.82 Å². The highest BCUT2D eigenvalue weighted by atomic mass is 32.2. The van der Waals surface area contributed by atoms with E-state index in [-0.39, 0.29) is 10.5 Å². The summed E-state index contributed by atoms with van der Waals surface area (Å²) in [4.78, 5) is 9.46.